The van der Waals surface area contributed by atoms with Crippen molar-refractivity contribution in [3.8, 4) is 22.6 Å². The molecule has 0 radical (unpaired) electrons. The molecule has 9 heteroatoms. The van der Waals surface area contributed by atoms with Crippen LogP contribution in [0.4, 0.5) is 23.2 Å². The van der Waals surface area contributed by atoms with Gasteiger partial charge in [0, 0.05) is 46.2 Å². The van der Waals surface area contributed by atoms with E-state index >= 15 is 0 Å². The van der Waals surface area contributed by atoms with Gasteiger partial charge in [-0.25, -0.2) is 9.37 Å². The smallest absolute Gasteiger partial charge is 0.399 e. The monoisotopic (exact) mass is 515 g/mol. The molecule has 0 amide bonds. The van der Waals surface area contributed by atoms with E-state index in [1.165, 1.54) is 36.4 Å². The maximum Gasteiger partial charge on any atom is 0.417 e. The molecule has 0 saturated heterocycles. The summed E-state index contributed by atoms with van der Waals surface area (Å²) in [6.45, 7) is 7.59. The summed E-state index contributed by atoms with van der Waals surface area (Å²) in [5.74, 6) is 0.0850. The Morgan fingerprint density at radius 1 is 0.947 bits per heavy atom. The molecule has 0 aliphatic heterocycles. The Kier molecular flexibility index (Phi) is 6.20. The average Bonchev–Trinajstić information content (AvgIpc) is 3.33. The van der Waals surface area contributed by atoms with Gasteiger partial charge in [-0.3, -0.25) is 9.38 Å². The zero-order valence-electron chi connectivity index (χ0n) is 19.9. The number of nitrogens with zero attached hydrogens (tertiary/aromatic N) is 3. The van der Waals surface area contributed by atoms with Crippen LogP contribution in [0.15, 0.2) is 98.5 Å². The van der Waals surface area contributed by atoms with E-state index in [4.69, 9.17) is 5.73 Å². The predicted molar refractivity (Wildman–Crippen MR) is 141 cm³/mol. The second-order valence-electron chi connectivity index (χ2n) is 8.58. The zero-order chi connectivity index (χ0) is 27.0. The van der Waals surface area contributed by atoms with Crippen molar-refractivity contribution < 1.29 is 17.6 Å². The van der Waals surface area contributed by atoms with Crippen molar-refractivity contribution in [2.45, 2.75) is 6.18 Å². The minimum absolute atomic E-state index is 0.0231. The van der Waals surface area contributed by atoms with E-state index in [-0.39, 0.29) is 11.3 Å². The molecule has 0 spiro atoms. The third kappa shape index (κ3) is 4.73. The minimum Gasteiger partial charge on any atom is -0.399 e. The average molecular weight is 516 g/mol. The summed E-state index contributed by atoms with van der Waals surface area (Å²) in [6.07, 6.45) is 0.433. The van der Waals surface area contributed by atoms with Crippen LogP contribution in [0, 0.1) is 5.82 Å². The van der Waals surface area contributed by atoms with Crippen LogP contribution in [-0.2, 0) is 6.18 Å². The fraction of sp³-hybridized carbons (Fsp3) is 0.0345. The zero-order valence-corrected chi connectivity index (χ0v) is 19.9. The van der Waals surface area contributed by atoms with Gasteiger partial charge in [0.1, 0.15) is 11.5 Å². The Labute approximate surface area is 215 Å². The number of hydrogen-bond donors (Lipinski definition) is 2. The molecule has 0 bridgehead atoms. The quantitative estimate of drug-likeness (QED) is 0.234. The van der Waals surface area contributed by atoms with Crippen LogP contribution in [0.5, 0.6) is 0 Å². The topological polar surface area (TPSA) is 68.2 Å². The molecule has 0 unspecified atom stereocenters. The number of benzene rings is 2. The highest BCUT2D eigenvalue weighted by molar-refractivity contribution is 5.86. The maximum absolute atomic E-state index is 13.9. The van der Waals surface area contributed by atoms with Gasteiger partial charge in [-0.15, -0.1) is 0 Å². The lowest BCUT2D eigenvalue weighted by Gasteiger charge is -2.18. The Bertz CT molecular complexity index is 1680. The summed E-state index contributed by atoms with van der Waals surface area (Å²) in [5, 5.41) is 2.85. The number of nitrogens with two attached hydrogens (primary N) is 1. The van der Waals surface area contributed by atoms with Crippen molar-refractivity contribution in [2.75, 3.05) is 5.32 Å². The molecule has 5 rings (SSSR count). The highest BCUT2D eigenvalue weighted by atomic mass is 19.4. The second kappa shape index (κ2) is 9.51. The molecule has 0 atom stereocenters. The van der Waals surface area contributed by atoms with E-state index in [9.17, 15) is 17.6 Å². The van der Waals surface area contributed by atoms with E-state index in [0.717, 1.165) is 6.07 Å². The van der Waals surface area contributed by atoms with Crippen molar-refractivity contribution in [2.24, 2.45) is 5.73 Å². The van der Waals surface area contributed by atoms with E-state index in [2.05, 4.69) is 28.4 Å². The predicted octanol–water partition coefficient (Wildman–Crippen LogP) is 7.23. The molecule has 0 saturated carbocycles. The molecule has 0 fully saturated rings. The molecular formula is C29H21F4N5. The number of rotatable bonds is 6. The SMILES string of the molecule is C=C(N)c1ccnc(-c2ncc3c(-c4ccc(C(F)(F)F)c(C(=C)Nc5ccc(F)cc5)c4)cccn23)c1. The number of alkyl halides is 3. The molecule has 2 aromatic carbocycles. The summed E-state index contributed by atoms with van der Waals surface area (Å²) in [7, 11) is 0. The van der Waals surface area contributed by atoms with Crippen LogP contribution < -0.4 is 11.1 Å². The molecule has 190 valence electrons. The van der Waals surface area contributed by atoms with Crippen LogP contribution in [-0.4, -0.2) is 14.4 Å². The van der Waals surface area contributed by atoms with Crippen molar-refractivity contribution in [1.82, 2.24) is 14.4 Å². The Hall–Kier alpha value is -4.92. The number of aromatic nitrogens is 3. The lowest BCUT2D eigenvalue weighted by atomic mass is 9.97. The summed E-state index contributed by atoms with van der Waals surface area (Å²) >= 11 is 0. The van der Waals surface area contributed by atoms with Gasteiger partial charge in [0.2, 0.25) is 0 Å². The Balaban J connectivity index is 1.59. The van der Waals surface area contributed by atoms with E-state index in [0.29, 0.717) is 45.1 Å². The van der Waals surface area contributed by atoms with Crippen LogP contribution in [0.25, 0.3) is 39.6 Å². The van der Waals surface area contributed by atoms with Gasteiger partial charge in [0.15, 0.2) is 5.82 Å². The first-order chi connectivity index (χ1) is 18.1. The first-order valence-electron chi connectivity index (χ1n) is 11.4. The molecular weight excluding hydrogens is 494 g/mol. The molecule has 3 N–H and O–H groups in total. The highest BCUT2D eigenvalue weighted by Gasteiger charge is 2.34. The molecule has 5 nitrogen and oxygen atoms in total. The molecule has 0 aliphatic rings. The normalized spacial score (nSPS) is 11.5. The third-order valence-electron chi connectivity index (χ3n) is 6.03. The standard InChI is InChI=1S/C29H21F4N5/c1-17(34)19-11-12-35-26(15-19)28-36-16-27-23(4-3-13-38(27)28)20-5-10-25(29(31,32)33)24(14-20)18(2)37-22-8-6-21(30)7-9-22/h3-16,37H,1-2,34H2. The van der Waals surface area contributed by atoms with Gasteiger partial charge in [0.05, 0.1) is 17.3 Å². The number of pyridine rings is 2. The first-order valence-corrected chi connectivity index (χ1v) is 11.4. The highest BCUT2D eigenvalue weighted by Crippen LogP contribution is 2.38. The summed E-state index contributed by atoms with van der Waals surface area (Å²) < 4.78 is 56.8. The molecule has 3 aromatic heterocycles. The maximum atomic E-state index is 13.9. The van der Waals surface area contributed by atoms with Gasteiger partial charge in [-0.2, -0.15) is 13.2 Å². The molecule has 0 aliphatic carbocycles. The number of halogens is 4. The van der Waals surface area contributed by atoms with Crippen LogP contribution in [0.3, 0.4) is 0 Å². The van der Waals surface area contributed by atoms with E-state index in [1.54, 1.807) is 42.9 Å². The molecule has 38 heavy (non-hydrogen) atoms. The number of fused-ring (bicyclic) bond motifs is 1. The van der Waals surface area contributed by atoms with Crippen LogP contribution in [0.1, 0.15) is 16.7 Å². The number of imidazole rings is 1. The second-order valence-corrected chi connectivity index (χ2v) is 8.58. The van der Waals surface area contributed by atoms with Crippen LogP contribution >= 0.6 is 0 Å². The summed E-state index contributed by atoms with van der Waals surface area (Å²) in [6, 6.07) is 16.2. The van der Waals surface area contributed by atoms with Crippen molar-refractivity contribution in [1.29, 1.82) is 0 Å². The van der Waals surface area contributed by atoms with E-state index < -0.39 is 17.6 Å². The van der Waals surface area contributed by atoms with Gasteiger partial charge in [0.25, 0.3) is 0 Å². The fourth-order valence-corrected chi connectivity index (χ4v) is 4.19. The molecule has 3 heterocycles. The first kappa shape index (κ1) is 24.8. The summed E-state index contributed by atoms with van der Waals surface area (Å²) in [5.41, 5.74) is 8.82. The van der Waals surface area contributed by atoms with Crippen molar-refractivity contribution in [3.63, 3.8) is 0 Å². The third-order valence-corrected chi connectivity index (χ3v) is 6.03. The van der Waals surface area contributed by atoms with Crippen molar-refractivity contribution in [3.05, 3.63) is 121 Å². The van der Waals surface area contributed by atoms with Crippen LogP contribution in [0.2, 0.25) is 0 Å². The van der Waals surface area contributed by atoms with E-state index in [1.807, 2.05) is 4.40 Å². The summed E-state index contributed by atoms with van der Waals surface area (Å²) in [4.78, 5) is 8.91. The van der Waals surface area contributed by atoms with Gasteiger partial charge in [-0.05, 0) is 60.2 Å². The lowest BCUT2D eigenvalue weighted by molar-refractivity contribution is -0.137. The minimum atomic E-state index is -4.61. The lowest BCUT2D eigenvalue weighted by Crippen LogP contribution is -2.11. The van der Waals surface area contributed by atoms with Gasteiger partial charge < -0.3 is 11.1 Å². The molecule has 5 aromatic rings. The number of nitrogens with one attached hydrogen (secondary N) is 1. The number of hydrogen-bond acceptors (Lipinski definition) is 4. The van der Waals surface area contributed by atoms with Gasteiger partial charge in [-0.1, -0.05) is 25.3 Å². The Morgan fingerprint density at radius 3 is 2.42 bits per heavy atom. The largest absolute Gasteiger partial charge is 0.417 e. The van der Waals surface area contributed by atoms with Crippen molar-refractivity contribution >= 4 is 22.6 Å². The van der Waals surface area contributed by atoms with Gasteiger partial charge >= 0.3 is 6.18 Å². The fourth-order valence-electron chi connectivity index (χ4n) is 4.19. The Morgan fingerprint density at radius 2 is 1.71 bits per heavy atom. The number of anilines is 1.